The average molecular weight is 323 g/mol. The van der Waals surface area contributed by atoms with Crippen LogP contribution in [0.1, 0.15) is 11.1 Å². The first kappa shape index (κ1) is 16.7. The number of aromatic hydroxyl groups is 1. The molecule has 7 nitrogen and oxygen atoms in total. The van der Waals surface area contributed by atoms with E-state index in [1.54, 1.807) is 24.3 Å². The molecule has 0 radical (unpaired) electrons. The van der Waals surface area contributed by atoms with E-state index in [0.29, 0.717) is 5.69 Å². The smallest absolute Gasteiger partial charge is 0.311 e. The van der Waals surface area contributed by atoms with Gasteiger partial charge >= 0.3 is 5.69 Å². The number of phenols is 1. The monoisotopic (exact) mass is 323 g/mol. The number of amides is 1. The van der Waals surface area contributed by atoms with Crippen LogP contribution >= 0.6 is 0 Å². The molecule has 0 heterocycles. The fraction of sp³-hybridized carbons (Fsp3) is 0.0588. The summed E-state index contributed by atoms with van der Waals surface area (Å²) in [7, 11) is 0. The highest BCUT2D eigenvalue weighted by Gasteiger charge is 2.15. The molecule has 2 rings (SSSR count). The topological polar surface area (TPSA) is 116 Å². The van der Waals surface area contributed by atoms with Crippen LogP contribution in [0.15, 0.2) is 48.0 Å². The number of carbonyl (C=O) groups excluding carboxylic acids is 1. The van der Waals surface area contributed by atoms with Gasteiger partial charge in [0.2, 0.25) is 0 Å². The highest BCUT2D eigenvalue weighted by atomic mass is 16.6. The molecular formula is C17H13N3O4. The lowest BCUT2D eigenvalue weighted by Crippen LogP contribution is -2.13. The molecule has 0 bridgehead atoms. The first-order chi connectivity index (χ1) is 11.4. The zero-order valence-corrected chi connectivity index (χ0v) is 12.7. The van der Waals surface area contributed by atoms with Gasteiger partial charge in [0.25, 0.3) is 5.91 Å². The lowest BCUT2D eigenvalue weighted by atomic mass is 10.1. The Morgan fingerprint density at radius 2 is 2.08 bits per heavy atom. The van der Waals surface area contributed by atoms with E-state index in [2.05, 4.69) is 5.32 Å². The molecule has 0 aromatic heterocycles. The molecule has 2 aromatic carbocycles. The normalized spacial score (nSPS) is 10.8. The fourth-order valence-corrected chi connectivity index (χ4v) is 2.01. The molecule has 0 aliphatic heterocycles. The standard InChI is InChI=1S/C17H13N3O4/c1-11-3-2-4-14(7-11)19-17(22)13(10-18)8-12-5-6-16(21)15(9-12)20(23)24/h2-9,21H,1H3,(H,19,22)/b13-8+. The summed E-state index contributed by atoms with van der Waals surface area (Å²) in [6, 6.07) is 12.4. The third-order valence-corrected chi connectivity index (χ3v) is 3.15. The van der Waals surface area contributed by atoms with E-state index in [-0.39, 0.29) is 11.1 Å². The molecule has 2 N–H and O–H groups in total. The van der Waals surface area contributed by atoms with E-state index in [9.17, 15) is 20.0 Å². The number of aryl methyl sites for hydroxylation is 1. The summed E-state index contributed by atoms with van der Waals surface area (Å²) in [6.45, 7) is 1.87. The summed E-state index contributed by atoms with van der Waals surface area (Å²) in [6.07, 6.45) is 1.22. The van der Waals surface area contributed by atoms with Gasteiger partial charge in [0.15, 0.2) is 5.75 Å². The number of hydrogen-bond acceptors (Lipinski definition) is 5. The van der Waals surface area contributed by atoms with Crippen LogP contribution in [-0.4, -0.2) is 15.9 Å². The van der Waals surface area contributed by atoms with Gasteiger partial charge in [-0.1, -0.05) is 18.2 Å². The van der Waals surface area contributed by atoms with Crippen molar-refractivity contribution < 1.29 is 14.8 Å². The largest absolute Gasteiger partial charge is 0.502 e. The molecule has 0 saturated heterocycles. The number of nitrogens with one attached hydrogen (secondary N) is 1. The van der Waals surface area contributed by atoms with Crippen molar-refractivity contribution >= 4 is 23.4 Å². The molecular weight excluding hydrogens is 310 g/mol. The van der Waals surface area contributed by atoms with Crippen molar-refractivity contribution in [2.75, 3.05) is 5.32 Å². The van der Waals surface area contributed by atoms with Gasteiger partial charge in [0.05, 0.1) is 4.92 Å². The minimum absolute atomic E-state index is 0.212. The number of nitro benzene ring substituents is 1. The Bertz CT molecular complexity index is 882. The fourth-order valence-electron chi connectivity index (χ4n) is 2.01. The van der Waals surface area contributed by atoms with Crippen LogP contribution in [0.25, 0.3) is 6.08 Å². The molecule has 0 fully saturated rings. The summed E-state index contributed by atoms with van der Waals surface area (Å²) in [5.41, 5.74) is 1.04. The summed E-state index contributed by atoms with van der Waals surface area (Å²) >= 11 is 0. The lowest BCUT2D eigenvalue weighted by molar-refractivity contribution is -0.385. The van der Waals surface area contributed by atoms with Crippen LogP contribution in [0.2, 0.25) is 0 Å². The van der Waals surface area contributed by atoms with Gasteiger partial charge in [-0.3, -0.25) is 14.9 Å². The van der Waals surface area contributed by atoms with Crippen molar-refractivity contribution in [1.82, 2.24) is 0 Å². The SMILES string of the molecule is Cc1cccc(NC(=O)/C(C#N)=C/c2ccc(O)c([N+](=O)[O-])c2)c1. The summed E-state index contributed by atoms with van der Waals surface area (Å²) in [5, 5.41) is 32.0. The van der Waals surface area contributed by atoms with E-state index in [0.717, 1.165) is 17.7 Å². The van der Waals surface area contributed by atoms with Crippen molar-refractivity contribution in [2.24, 2.45) is 0 Å². The van der Waals surface area contributed by atoms with Gasteiger partial charge in [0, 0.05) is 11.8 Å². The molecule has 0 aliphatic carbocycles. The van der Waals surface area contributed by atoms with E-state index in [4.69, 9.17) is 5.26 Å². The molecule has 1 amide bonds. The predicted molar refractivity (Wildman–Crippen MR) is 88.2 cm³/mol. The minimum Gasteiger partial charge on any atom is -0.502 e. The number of nitro groups is 1. The predicted octanol–water partition coefficient (Wildman–Crippen LogP) is 3.15. The second-order valence-corrected chi connectivity index (χ2v) is 5.00. The first-order valence-corrected chi connectivity index (χ1v) is 6.88. The number of hydrogen-bond donors (Lipinski definition) is 2. The molecule has 2 aromatic rings. The van der Waals surface area contributed by atoms with E-state index < -0.39 is 22.3 Å². The van der Waals surface area contributed by atoms with Gasteiger partial charge in [-0.25, -0.2) is 0 Å². The summed E-state index contributed by atoms with van der Waals surface area (Å²) < 4.78 is 0. The first-order valence-electron chi connectivity index (χ1n) is 6.88. The molecule has 0 spiro atoms. The van der Waals surface area contributed by atoms with E-state index in [1.165, 1.54) is 12.1 Å². The van der Waals surface area contributed by atoms with Crippen molar-refractivity contribution in [2.45, 2.75) is 6.92 Å². The van der Waals surface area contributed by atoms with Gasteiger partial charge in [-0.2, -0.15) is 5.26 Å². The molecule has 7 heteroatoms. The zero-order valence-electron chi connectivity index (χ0n) is 12.7. The highest BCUT2D eigenvalue weighted by Crippen LogP contribution is 2.27. The Balaban J connectivity index is 2.29. The maximum Gasteiger partial charge on any atom is 0.311 e. The van der Waals surface area contributed by atoms with Crippen molar-refractivity contribution in [3.05, 3.63) is 69.3 Å². The maximum atomic E-state index is 12.2. The molecule has 0 saturated carbocycles. The molecule has 0 atom stereocenters. The van der Waals surface area contributed by atoms with Crippen LogP contribution in [-0.2, 0) is 4.79 Å². The average Bonchev–Trinajstić information content (AvgIpc) is 2.53. The third kappa shape index (κ3) is 3.96. The zero-order chi connectivity index (χ0) is 17.7. The van der Waals surface area contributed by atoms with Crippen LogP contribution in [0, 0.1) is 28.4 Å². The molecule has 24 heavy (non-hydrogen) atoms. The molecule has 0 aliphatic rings. The third-order valence-electron chi connectivity index (χ3n) is 3.15. The van der Waals surface area contributed by atoms with Gasteiger partial charge in [-0.05, 0) is 42.3 Å². The Labute approximate surface area is 137 Å². The van der Waals surface area contributed by atoms with E-state index >= 15 is 0 Å². The van der Waals surface area contributed by atoms with Crippen LogP contribution in [0.3, 0.4) is 0 Å². The number of nitrogens with zero attached hydrogens (tertiary/aromatic N) is 2. The highest BCUT2D eigenvalue weighted by molar-refractivity contribution is 6.09. The van der Waals surface area contributed by atoms with Gasteiger partial charge in [0.1, 0.15) is 11.6 Å². The van der Waals surface area contributed by atoms with Crippen molar-refractivity contribution in [3.8, 4) is 11.8 Å². The Kier molecular flexibility index (Phi) is 4.92. The second kappa shape index (κ2) is 7.07. The second-order valence-electron chi connectivity index (χ2n) is 5.00. The molecule has 120 valence electrons. The maximum absolute atomic E-state index is 12.2. The van der Waals surface area contributed by atoms with Crippen molar-refractivity contribution in [1.29, 1.82) is 5.26 Å². The number of carbonyl (C=O) groups is 1. The van der Waals surface area contributed by atoms with Crippen molar-refractivity contribution in [3.63, 3.8) is 0 Å². The summed E-state index contributed by atoms with van der Waals surface area (Å²) in [5.74, 6) is -1.11. The number of phenolic OH excluding ortho intramolecular Hbond substituents is 1. The summed E-state index contributed by atoms with van der Waals surface area (Å²) in [4.78, 5) is 22.2. The van der Waals surface area contributed by atoms with Gasteiger partial charge in [-0.15, -0.1) is 0 Å². The number of benzene rings is 2. The Morgan fingerprint density at radius 1 is 1.33 bits per heavy atom. The van der Waals surface area contributed by atoms with E-state index in [1.807, 2.05) is 13.0 Å². The lowest BCUT2D eigenvalue weighted by Gasteiger charge is -2.05. The van der Waals surface area contributed by atoms with Crippen LogP contribution in [0.5, 0.6) is 5.75 Å². The number of rotatable bonds is 4. The Morgan fingerprint density at radius 3 is 2.71 bits per heavy atom. The minimum atomic E-state index is -0.745. The van der Waals surface area contributed by atoms with Crippen LogP contribution < -0.4 is 5.32 Å². The van der Waals surface area contributed by atoms with Gasteiger partial charge < -0.3 is 10.4 Å². The number of nitriles is 1. The molecule has 0 unspecified atom stereocenters. The Hall–Kier alpha value is -3.66. The number of anilines is 1. The quantitative estimate of drug-likeness (QED) is 0.388. The van der Waals surface area contributed by atoms with Crippen LogP contribution in [0.4, 0.5) is 11.4 Å².